The van der Waals surface area contributed by atoms with E-state index in [1.54, 1.807) is 24.3 Å². The van der Waals surface area contributed by atoms with Crippen LogP contribution < -0.4 is 10.9 Å². The number of aromatic amines is 1. The summed E-state index contributed by atoms with van der Waals surface area (Å²) in [6.07, 6.45) is 0.546. The highest BCUT2D eigenvalue weighted by atomic mass is 16.2. The molecule has 2 aromatic heterocycles. The Morgan fingerprint density at radius 2 is 1.66 bits per heavy atom. The number of aromatic nitrogens is 5. The summed E-state index contributed by atoms with van der Waals surface area (Å²) in [6, 6.07) is 24.1. The zero-order valence-corrected chi connectivity index (χ0v) is 17.1. The number of carbonyl (C=O) groups is 1. The number of rotatable bonds is 6. The highest BCUT2D eigenvalue weighted by molar-refractivity contribution is 5.79. The number of fused-ring (bicyclic) bond motifs is 2. The maximum absolute atomic E-state index is 12.9. The van der Waals surface area contributed by atoms with Crippen molar-refractivity contribution in [2.24, 2.45) is 0 Å². The minimum Gasteiger partial charge on any atom is -0.344 e. The van der Waals surface area contributed by atoms with E-state index in [2.05, 4.69) is 25.6 Å². The Hall–Kier alpha value is -4.33. The van der Waals surface area contributed by atoms with Crippen LogP contribution in [0.4, 0.5) is 0 Å². The fourth-order valence-electron chi connectivity index (χ4n) is 3.71. The lowest BCUT2D eigenvalue weighted by atomic mass is 10.1. The summed E-state index contributed by atoms with van der Waals surface area (Å²) in [6.45, 7) is -0.234. The number of para-hydroxylation sites is 2. The number of carbonyl (C=O) groups excluding carboxylic acids is 1. The lowest BCUT2D eigenvalue weighted by molar-refractivity contribution is -0.122. The molecule has 32 heavy (non-hydrogen) atoms. The molecule has 0 aliphatic heterocycles. The molecule has 0 unspecified atom stereocenters. The highest BCUT2D eigenvalue weighted by Crippen LogP contribution is 2.20. The minimum absolute atomic E-state index is 0.234. The van der Waals surface area contributed by atoms with Crippen LogP contribution in [0.3, 0.4) is 0 Å². The topological polar surface area (TPSA) is 106 Å². The Labute approximate surface area is 182 Å². The number of hydrogen-bond acceptors (Lipinski definition) is 5. The van der Waals surface area contributed by atoms with E-state index in [0.717, 1.165) is 21.3 Å². The van der Waals surface area contributed by atoms with Gasteiger partial charge in [0, 0.05) is 0 Å². The fourth-order valence-corrected chi connectivity index (χ4v) is 3.71. The summed E-state index contributed by atoms with van der Waals surface area (Å²) in [7, 11) is 0. The van der Waals surface area contributed by atoms with Crippen LogP contribution in [0.2, 0.25) is 0 Å². The zero-order chi connectivity index (χ0) is 21.9. The zero-order valence-electron chi connectivity index (χ0n) is 17.1. The second-order valence-corrected chi connectivity index (χ2v) is 7.52. The first-order chi connectivity index (χ1) is 15.7. The minimum atomic E-state index is -0.401. The molecular formula is C24H20N6O2. The van der Waals surface area contributed by atoms with Gasteiger partial charge < -0.3 is 10.3 Å². The van der Waals surface area contributed by atoms with Crippen LogP contribution >= 0.6 is 0 Å². The number of H-pyrrole nitrogens is 1. The third-order valence-corrected chi connectivity index (χ3v) is 5.28. The van der Waals surface area contributed by atoms with Crippen molar-refractivity contribution >= 4 is 27.8 Å². The molecule has 8 nitrogen and oxygen atoms in total. The molecule has 3 aromatic carbocycles. The van der Waals surface area contributed by atoms with E-state index in [1.165, 1.54) is 0 Å². The Balaban J connectivity index is 1.42. The standard InChI is InChI=1S/C24H20N6O2/c31-22(15-30-24(32)17-10-4-5-11-18(17)28-29-30)25-21(14-16-8-2-1-3-9-16)23-26-19-12-6-7-13-20(19)27-23/h1-13,21H,14-15H2,(H,25,31)(H,26,27)/t21-/m0/s1. The predicted molar refractivity (Wildman–Crippen MR) is 121 cm³/mol. The van der Waals surface area contributed by atoms with E-state index in [-0.39, 0.29) is 18.0 Å². The Kier molecular flexibility index (Phi) is 5.17. The molecule has 0 radical (unpaired) electrons. The average molecular weight is 424 g/mol. The first kappa shape index (κ1) is 19.6. The SMILES string of the molecule is O=C(Cn1nnc2ccccc2c1=O)N[C@@H](Cc1ccccc1)c1nc2ccccc2[nH]1. The van der Waals surface area contributed by atoms with Gasteiger partial charge in [0.25, 0.3) is 5.56 Å². The van der Waals surface area contributed by atoms with Gasteiger partial charge in [-0.05, 0) is 36.2 Å². The van der Waals surface area contributed by atoms with Crippen LogP contribution in [0.25, 0.3) is 21.9 Å². The molecule has 0 fully saturated rings. The van der Waals surface area contributed by atoms with Gasteiger partial charge in [0.05, 0.1) is 22.5 Å². The van der Waals surface area contributed by atoms with E-state index < -0.39 is 6.04 Å². The van der Waals surface area contributed by atoms with Crippen LogP contribution in [0, 0.1) is 0 Å². The summed E-state index contributed by atoms with van der Waals surface area (Å²) in [5.41, 5.74) is 2.92. The number of amides is 1. The first-order valence-electron chi connectivity index (χ1n) is 10.3. The lowest BCUT2D eigenvalue weighted by Crippen LogP contribution is -2.37. The molecule has 5 aromatic rings. The number of imidazole rings is 1. The van der Waals surface area contributed by atoms with Crippen LogP contribution in [0.5, 0.6) is 0 Å². The second kappa shape index (κ2) is 8.43. The summed E-state index contributed by atoms with van der Waals surface area (Å²) < 4.78 is 1.08. The van der Waals surface area contributed by atoms with E-state index in [9.17, 15) is 9.59 Å². The van der Waals surface area contributed by atoms with Gasteiger partial charge in [0.15, 0.2) is 0 Å². The van der Waals surface area contributed by atoms with Gasteiger partial charge in [-0.2, -0.15) is 0 Å². The third-order valence-electron chi connectivity index (χ3n) is 5.28. The van der Waals surface area contributed by atoms with Gasteiger partial charge in [0.2, 0.25) is 5.91 Å². The molecule has 0 spiro atoms. The molecule has 5 rings (SSSR count). The van der Waals surface area contributed by atoms with Crippen molar-refractivity contribution in [2.75, 3.05) is 0 Å². The smallest absolute Gasteiger partial charge is 0.278 e. The summed E-state index contributed by atoms with van der Waals surface area (Å²) >= 11 is 0. The summed E-state index contributed by atoms with van der Waals surface area (Å²) in [4.78, 5) is 33.6. The number of benzene rings is 3. The molecule has 0 aliphatic rings. The van der Waals surface area contributed by atoms with Crippen molar-refractivity contribution in [2.45, 2.75) is 19.0 Å². The molecule has 1 amide bonds. The molecule has 0 bridgehead atoms. The number of nitrogens with one attached hydrogen (secondary N) is 2. The average Bonchev–Trinajstić information content (AvgIpc) is 3.26. The summed E-state index contributed by atoms with van der Waals surface area (Å²) in [5.74, 6) is 0.304. The molecule has 8 heteroatoms. The van der Waals surface area contributed by atoms with Crippen molar-refractivity contribution in [3.8, 4) is 0 Å². The largest absolute Gasteiger partial charge is 0.344 e. The Morgan fingerprint density at radius 1 is 0.938 bits per heavy atom. The van der Waals surface area contributed by atoms with Crippen molar-refractivity contribution in [1.29, 1.82) is 0 Å². The van der Waals surface area contributed by atoms with E-state index in [1.807, 2.05) is 54.6 Å². The van der Waals surface area contributed by atoms with E-state index >= 15 is 0 Å². The van der Waals surface area contributed by atoms with Gasteiger partial charge in [-0.1, -0.05) is 59.8 Å². The Bertz CT molecular complexity index is 1420. The van der Waals surface area contributed by atoms with Crippen LogP contribution in [0.15, 0.2) is 83.7 Å². The Morgan fingerprint density at radius 3 is 2.47 bits per heavy atom. The highest BCUT2D eigenvalue weighted by Gasteiger charge is 2.20. The molecule has 1 atom stereocenters. The van der Waals surface area contributed by atoms with Crippen molar-refractivity contribution in [3.05, 3.63) is 101 Å². The predicted octanol–water partition coefficient (Wildman–Crippen LogP) is 2.77. The van der Waals surface area contributed by atoms with Crippen LogP contribution in [0.1, 0.15) is 17.4 Å². The maximum atomic E-state index is 12.9. The van der Waals surface area contributed by atoms with Crippen molar-refractivity contribution in [1.82, 2.24) is 30.3 Å². The normalized spacial score (nSPS) is 12.1. The van der Waals surface area contributed by atoms with Crippen molar-refractivity contribution < 1.29 is 4.79 Å². The van der Waals surface area contributed by atoms with Crippen LogP contribution in [-0.2, 0) is 17.8 Å². The number of hydrogen-bond donors (Lipinski definition) is 2. The molecule has 0 saturated carbocycles. The molecule has 2 N–H and O–H groups in total. The van der Waals surface area contributed by atoms with Gasteiger partial charge in [0.1, 0.15) is 17.9 Å². The van der Waals surface area contributed by atoms with E-state index in [0.29, 0.717) is 23.1 Å². The molecular weight excluding hydrogens is 404 g/mol. The van der Waals surface area contributed by atoms with Gasteiger partial charge in [-0.25, -0.2) is 9.67 Å². The van der Waals surface area contributed by atoms with Gasteiger partial charge in [-0.3, -0.25) is 9.59 Å². The molecule has 158 valence electrons. The number of nitrogens with zero attached hydrogens (tertiary/aromatic N) is 4. The van der Waals surface area contributed by atoms with E-state index in [4.69, 9.17) is 0 Å². The van der Waals surface area contributed by atoms with Crippen LogP contribution in [-0.4, -0.2) is 30.9 Å². The second-order valence-electron chi connectivity index (χ2n) is 7.52. The molecule has 0 aliphatic carbocycles. The molecule has 2 heterocycles. The first-order valence-corrected chi connectivity index (χ1v) is 10.3. The van der Waals surface area contributed by atoms with Crippen molar-refractivity contribution in [3.63, 3.8) is 0 Å². The van der Waals surface area contributed by atoms with Gasteiger partial charge in [-0.15, -0.1) is 5.10 Å². The van der Waals surface area contributed by atoms with Gasteiger partial charge >= 0.3 is 0 Å². The lowest BCUT2D eigenvalue weighted by Gasteiger charge is -2.17. The fraction of sp³-hybridized carbons (Fsp3) is 0.125. The maximum Gasteiger partial charge on any atom is 0.278 e. The third kappa shape index (κ3) is 3.98. The summed E-state index contributed by atoms with van der Waals surface area (Å²) in [5, 5.41) is 11.4. The monoisotopic (exact) mass is 424 g/mol. The molecule has 0 saturated heterocycles. The quantitative estimate of drug-likeness (QED) is 0.436.